The van der Waals surface area contributed by atoms with E-state index in [4.69, 9.17) is 14.2 Å². The Balaban J connectivity index is 1.42. The number of hydrogen-bond acceptors (Lipinski definition) is 4. The smallest absolute Gasteiger partial charge is 0.191 e. The fourth-order valence-corrected chi connectivity index (χ4v) is 5.42. The van der Waals surface area contributed by atoms with Crippen molar-refractivity contribution < 1.29 is 14.2 Å². The van der Waals surface area contributed by atoms with Crippen LogP contribution >= 0.6 is 0 Å². The maximum absolute atomic E-state index is 6.09. The van der Waals surface area contributed by atoms with Crippen molar-refractivity contribution in [3.8, 4) is 11.5 Å². The Morgan fingerprint density at radius 1 is 1.26 bits per heavy atom. The SMILES string of the molecule is CN=C(NCc1ccc(OC)cc1OC)NC1C2CCOC2C12CCCC2. The molecule has 148 valence electrons. The van der Waals surface area contributed by atoms with E-state index in [0.717, 1.165) is 36.0 Å². The zero-order valence-electron chi connectivity index (χ0n) is 16.6. The number of rotatable bonds is 5. The molecule has 4 rings (SSSR count). The Morgan fingerprint density at radius 3 is 2.78 bits per heavy atom. The molecule has 3 fully saturated rings. The number of fused-ring (bicyclic) bond motifs is 2. The fraction of sp³-hybridized carbons (Fsp3) is 0.667. The first-order valence-electron chi connectivity index (χ1n) is 10.0. The van der Waals surface area contributed by atoms with Crippen LogP contribution in [0.3, 0.4) is 0 Å². The van der Waals surface area contributed by atoms with E-state index >= 15 is 0 Å². The van der Waals surface area contributed by atoms with E-state index in [9.17, 15) is 0 Å². The molecule has 27 heavy (non-hydrogen) atoms. The average Bonchev–Trinajstić information content (AvgIpc) is 3.37. The van der Waals surface area contributed by atoms with Gasteiger partial charge in [-0.2, -0.15) is 0 Å². The monoisotopic (exact) mass is 373 g/mol. The molecule has 2 saturated carbocycles. The highest BCUT2D eigenvalue weighted by molar-refractivity contribution is 5.80. The second-order valence-electron chi connectivity index (χ2n) is 7.91. The molecular formula is C21H31N3O3. The van der Waals surface area contributed by atoms with Gasteiger partial charge in [-0.25, -0.2) is 0 Å². The molecule has 1 spiro atoms. The summed E-state index contributed by atoms with van der Waals surface area (Å²) in [5.41, 5.74) is 1.39. The van der Waals surface area contributed by atoms with E-state index in [1.807, 2.05) is 25.2 Å². The Bertz CT molecular complexity index is 700. The van der Waals surface area contributed by atoms with E-state index in [0.29, 0.717) is 30.0 Å². The third-order valence-corrected chi connectivity index (χ3v) is 6.74. The largest absolute Gasteiger partial charge is 0.497 e. The predicted molar refractivity (Wildman–Crippen MR) is 105 cm³/mol. The second-order valence-corrected chi connectivity index (χ2v) is 7.91. The van der Waals surface area contributed by atoms with Gasteiger partial charge in [-0.3, -0.25) is 4.99 Å². The van der Waals surface area contributed by atoms with E-state index < -0.39 is 0 Å². The summed E-state index contributed by atoms with van der Waals surface area (Å²) >= 11 is 0. The van der Waals surface area contributed by atoms with Crippen molar-refractivity contribution in [3.05, 3.63) is 23.8 Å². The lowest BCUT2D eigenvalue weighted by Gasteiger charge is -2.57. The highest BCUT2D eigenvalue weighted by atomic mass is 16.5. The van der Waals surface area contributed by atoms with E-state index in [1.165, 1.54) is 25.7 Å². The molecule has 6 nitrogen and oxygen atoms in total. The third kappa shape index (κ3) is 3.14. The van der Waals surface area contributed by atoms with Gasteiger partial charge in [0, 0.05) is 49.2 Å². The van der Waals surface area contributed by atoms with Gasteiger partial charge in [-0.15, -0.1) is 0 Å². The van der Waals surface area contributed by atoms with Crippen LogP contribution in [0, 0.1) is 11.3 Å². The molecule has 1 saturated heterocycles. The summed E-state index contributed by atoms with van der Waals surface area (Å²) in [6.45, 7) is 1.56. The zero-order chi connectivity index (χ0) is 18.9. The van der Waals surface area contributed by atoms with Gasteiger partial charge in [0.1, 0.15) is 11.5 Å². The maximum atomic E-state index is 6.09. The molecule has 1 aromatic carbocycles. The van der Waals surface area contributed by atoms with Crippen LogP contribution < -0.4 is 20.1 Å². The van der Waals surface area contributed by atoms with Gasteiger partial charge in [0.2, 0.25) is 0 Å². The first-order chi connectivity index (χ1) is 13.2. The van der Waals surface area contributed by atoms with Gasteiger partial charge >= 0.3 is 0 Å². The van der Waals surface area contributed by atoms with Crippen LogP contribution in [-0.4, -0.2) is 46.0 Å². The summed E-state index contributed by atoms with van der Waals surface area (Å²) in [5, 5.41) is 7.19. The van der Waals surface area contributed by atoms with Gasteiger partial charge < -0.3 is 24.8 Å². The maximum Gasteiger partial charge on any atom is 0.191 e. The minimum atomic E-state index is 0.316. The number of benzene rings is 1. The molecule has 3 atom stereocenters. The number of aliphatic imine (C=N–C) groups is 1. The van der Waals surface area contributed by atoms with Crippen LogP contribution in [0.1, 0.15) is 37.7 Å². The minimum Gasteiger partial charge on any atom is -0.497 e. The van der Waals surface area contributed by atoms with Gasteiger partial charge in [-0.1, -0.05) is 12.8 Å². The van der Waals surface area contributed by atoms with E-state index in [1.54, 1.807) is 14.2 Å². The first kappa shape index (κ1) is 18.4. The molecule has 2 N–H and O–H groups in total. The highest BCUT2D eigenvalue weighted by Crippen LogP contribution is 2.60. The molecule has 0 bridgehead atoms. The van der Waals surface area contributed by atoms with Crippen molar-refractivity contribution in [2.45, 2.75) is 50.8 Å². The number of guanidine groups is 1. The van der Waals surface area contributed by atoms with Crippen molar-refractivity contribution in [2.24, 2.45) is 16.3 Å². The lowest BCUT2D eigenvalue weighted by Crippen LogP contribution is -2.69. The summed E-state index contributed by atoms with van der Waals surface area (Å²) in [6.07, 6.45) is 6.80. The molecule has 0 aromatic heterocycles. The topological polar surface area (TPSA) is 64.1 Å². The second kappa shape index (κ2) is 7.58. The Morgan fingerprint density at radius 2 is 2.07 bits per heavy atom. The van der Waals surface area contributed by atoms with Crippen molar-refractivity contribution in [2.75, 3.05) is 27.9 Å². The lowest BCUT2D eigenvalue weighted by atomic mass is 9.54. The number of nitrogens with zero attached hydrogens (tertiary/aromatic N) is 1. The molecule has 2 aliphatic carbocycles. The summed E-state index contributed by atoms with van der Waals surface area (Å²) < 4.78 is 16.9. The zero-order valence-corrected chi connectivity index (χ0v) is 16.6. The van der Waals surface area contributed by atoms with Gasteiger partial charge in [-0.05, 0) is 31.4 Å². The van der Waals surface area contributed by atoms with Crippen LogP contribution in [-0.2, 0) is 11.3 Å². The molecule has 3 aliphatic rings. The molecule has 1 heterocycles. The molecule has 1 aromatic rings. The third-order valence-electron chi connectivity index (χ3n) is 6.74. The number of ether oxygens (including phenoxy) is 3. The number of hydrogen-bond donors (Lipinski definition) is 2. The number of methoxy groups -OCH3 is 2. The molecule has 0 amide bonds. The molecule has 6 heteroatoms. The quantitative estimate of drug-likeness (QED) is 0.614. The van der Waals surface area contributed by atoms with Gasteiger partial charge in [0.25, 0.3) is 0 Å². The molecule has 3 unspecified atom stereocenters. The highest BCUT2D eigenvalue weighted by Gasteiger charge is 2.65. The summed E-state index contributed by atoms with van der Waals surface area (Å²) in [5.74, 6) is 3.09. The van der Waals surface area contributed by atoms with Gasteiger partial charge in [0.05, 0.1) is 20.3 Å². The van der Waals surface area contributed by atoms with Crippen molar-refractivity contribution in [3.63, 3.8) is 0 Å². The van der Waals surface area contributed by atoms with Crippen LogP contribution in [0.5, 0.6) is 11.5 Å². The van der Waals surface area contributed by atoms with Crippen LogP contribution in [0.2, 0.25) is 0 Å². The Hall–Kier alpha value is -1.95. The normalized spacial score (nSPS) is 28.6. The molecule has 1 aliphatic heterocycles. The van der Waals surface area contributed by atoms with Crippen LogP contribution in [0.4, 0.5) is 0 Å². The summed E-state index contributed by atoms with van der Waals surface area (Å²) in [6, 6.07) is 6.36. The summed E-state index contributed by atoms with van der Waals surface area (Å²) in [7, 11) is 5.18. The van der Waals surface area contributed by atoms with E-state index in [-0.39, 0.29) is 0 Å². The molecular weight excluding hydrogens is 342 g/mol. The van der Waals surface area contributed by atoms with Gasteiger partial charge in [0.15, 0.2) is 5.96 Å². The minimum absolute atomic E-state index is 0.316. The Labute approximate surface area is 161 Å². The van der Waals surface area contributed by atoms with Crippen LogP contribution in [0.25, 0.3) is 0 Å². The van der Waals surface area contributed by atoms with E-state index in [2.05, 4.69) is 15.6 Å². The standard InChI is InChI=1S/C21H31N3O3/c1-22-20(23-13-14-6-7-15(25-2)12-17(14)26-3)24-18-16-8-11-27-19(16)21(18)9-4-5-10-21/h6-7,12,16,18-19H,4-5,8-11,13H2,1-3H3,(H2,22,23,24). The average molecular weight is 373 g/mol. The lowest BCUT2D eigenvalue weighted by molar-refractivity contribution is -0.125. The van der Waals surface area contributed by atoms with Crippen LogP contribution in [0.15, 0.2) is 23.2 Å². The van der Waals surface area contributed by atoms with Crippen molar-refractivity contribution >= 4 is 5.96 Å². The predicted octanol–water partition coefficient (Wildman–Crippen LogP) is 2.72. The molecule has 0 radical (unpaired) electrons. The van der Waals surface area contributed by atoms with Crippen molar-refractivity contribution in [1.29, 1.82) is 0 Å². The summed E-state index contributed by atoms with van der Waals surface area (Å²) in [4.78, 5) is 4.47. The fourth-order valence-electron chi connectivity index (χ4n) is 5.42. The first-order valence-corrected chi connectivity index (χ1v) is 10.0. The van der Waals surface area contributed by atoms with Crippen molar-refractivity contribution in [1.82, 2.24) is 10.6 Å². The number of nitrogens with one attached hydrogen (secondary N) is 2. The Kier molecular flexibility index (Phi) is 5.17.